The van der Waals surface area contributed by atoms with Crippen LogP contribution in [0.3, 0.4) is 0 Å². The van der Waals surface area contributed by atoms with Gasteiger partial charge in [0.15, 0.2) is 0 Å². The lowest BCUT2D eigenvalue weighted by molar-refractivity contribution is -0.134. The predicted molar refractivity (Wildman–Crippen MR) is 93.7 cm³/mol. The Morgan fingerprint density at radius 3 is 2.54 bits per heavy atom. The molecule has 1 N–H and O–H groups in total. The predicted octanol–water partition coefficient (Wildman–Crippen LogP) is 3.65. The van der Waals surface area contributed by atoms with Crippen molar-refractivity contribution in [1.29, 1.82) is 0 Å². The average Bonchev–Trinajstić information content (AvgIpc) is 3.12. The normalized spacial score (nSPS) is 10.2. The second kappa shape index (κ2) is 9.72. The molecule has 0 atom stereocenters. The minimum Gasteiger partial charge on any atom is -0.494 e. The fourth-order valence-electron chi connectivity index (χ4n) is 1.94. The van der Waals surface area contributed by atoms with Gasteiger partial charge in [-0.3, -0.25) is 9.59 Å². The highest BCUT2D eigenvalue weighted by Gasteiger charge is 2.07. The largest absolute Gasteiger partial charge is 0.494 e. The van der Waals surface area contributed by atoms with Crippen LogP contribution in [0.15, 0.2) is 41.1 Å². The van der Waals surface area contributed by atoms with Gasteiger partial charge in [0.1, 0.15) is 11.5 Å². The third-order valence-corrected chi connectivity index (χ3v) is 3.84. The average molecular weight is 347 g/mol. The number of amides is 1. The quantitative estimate of drug-likeness (QED) is 0.427. The van der Waals surface area contributed by atoms with Crippen LogP contribution in [-0.2, 0) is 4.79 Å². The number of carbonyl (C=O) groups is 2. The molecule has 2 rings (SSSR count). The first kappa shape index (κ1) is 18.0. The van der Waals surface area contributed by atoms with Crippen molar-refractivity contribution in [2.24, 2.45) is 0 Å². The van der Waals surface area contributed by atoms with Crippen LogP contribution < -0.4 is 14.8 Å². The molecule has 0 saturated carbocycles. The van der Waals surface area contributed by atoms with Gasteiger partial charge in [0.2, 0.25) is 0 Å². The number of nitrogens with one attached hydrogen (secondary N) is 1. The first-order valence-corrected chi connectivity index (χ1v) is 8.87. The van der Waals surface area contributed by atoms with Crippen LogP contribution in [0.25, 0.3) is 0 Å². The van der Waals surface area contributed by atoms with E-state index in [9.17, 15) is 9.59 Å². The number of esters is 1. The molecular formula is C18H21NO4S. The van der Waals surface area contributed by atoms with E-state index in [2.05, 4.69) is 5.32 Å². The monoisotopic (exact) mass is 347 g/mol. The van der Waals surface area contributed by atoms with Crippen molar-refractivity contribution in [3.63, 3.8) is 0 Å². The molecule has 0 spiro atoms. The lowest BCUT2D eigenvalue weighted by Gasteiger charge is -2.07. The van der Waals surface area contributed by atoms with Crippen molar-refractivity contribution in [2.75, 3.05) is 13.2 Å². The van der Waals surface area contributed by atoms with Crippen LogP contribution in [0, 0.1) is 0 Å². The van der Waals surface area contributed by atoms with Gasteiger partial charge >= 0.3 is 5.97 Å². The fraction of sp³-hybridized carbons (Fsp3) is 0.333. The molecule has 6 heteroatoms. The number of hydrogen-bond acceptors (Lipinski definition) is 5. The molecule has 0 aliphatic carbocycles. The lowest BCUT2D eigenvalue weighted by Crippen LogP contribution is -2.24. The molecule has 1 aromatic carbocycles. The minimum absolute atomic E-state index is 0.118. The molecule has 1 heterocycles. The van der Waals surface area contributed by atoms with E-state index in [1.54, 1.807) is 35.7 Å². The van der Waals surface area contributed by atoms with Crippen molar-refractivity contribution in [3.8, 4) is 11.5 Å². The van der Waals surface area contributed by atoms with E-state index < -0.39 is 0 Å². The topological polar surface area (TPSA) is 64.6 Å². The molecular weight excluding hydrogens is 326 g/mol. The summed E-state index contributed by atoms with van der Waals surface area (Å²) in [4.78, 5) is 23.5. The van der Waals surface area contributed by atoms with Gasteiger partial charge in [-0.25, -0.2) is 0 Å². The summed E-state index contributed by atoms with van der Waals surface area (Å²) in [7, 11) is 0. The molecule has 0 aliphatic rings. The summed E-state index contributed by atoms with van der Waals surface area (Å²) in [5.74, 6) is 0.813. The lowest BCUT2D eigenvalue weighted by atomic mass is 10.3. The van der Waals surface area contributed by atoms with Crippen molar-refractivity contribution in [1.82, 2.24) is 5.32 Å². The van der Waals surface area contributed by atoms with Gasteiger partial charge in [-0.05, 0) is 48.6 Å². The van der Waals surface area contributed by atoms with Crippen LogP contribution >= 0.6 is 11.3 Å². The van der Waals surface area contributed by atoms with Gasteiger partial charge in [-0.15, -0.1) is 0 Å². The Labute approximate surface area is 145 Å². The van der Waals surface area contributed by atoms with Crippen molar-refractivity contribution in [2.45, 2.75) is 26.2 Å². The van der Waals surface area contributed by atoms with Gasteiger partial charge in [-0.1, -0.05) is 6.92 Å². The number of hydrogen-bond donors (Lipinski definition) is 1. The standard InChI is InChI=1S/C18H21NO4S/c1-2-11-22-15-5-7-16(8-6-15)23-17(20)4-3-10-19-18(21)14-9-12-24-13-14/h5-9,12-13H,2-4,10-11H2,1H3,(H,19,21). The van der Waals surface area contributed by atoms with E-state index >= 15 is 0 Å². The summed E-state index contributed by atoms with van der Waals surface area (Å²) in [6, 6.07) is 8.74. The number of ether oxygens (including phenoxy) is 2. The van der Waals surface area contributed by atoms with Crippen molar-refractivity contribution < 1.29 is 19.1 Å². The van der Waals surface area contributed by atoms with Crippen molar-refractivity contribution in [3.05, 3.63) is 46.7 Å². The number of benzene rings is 1. The Balaban J connectivity index is 1.65. The molecule has 0 saturated heterocycles. The first-order valence-electron chi connectivity index (χ1n) is 7.93. The van der Waals surface area contributed by atoms with E-state index in [1.807, 2.05) is 12.3 Å². The van der Waals surface area contributed by atoms with Gasteiger partial charge in [-0.2, -0.15) is 11.3 Å². The van der Waals surface area contributed by atoms with E-state index in [-0.39, 0.29) is 18.3 Å². The summed E-state index contributed by atoms with van der Waals surface area (Å²) in [6.45, 7) is 3.14. The van der Waals surface area contributed by atoms with Crippen molar-refractivity contribution >= 4 is 23.2 Å². The molecule has 5 nitrogen and oxygen atoms in total. The molecule has 2 aromatic rings. The highest BCUT2D eigenvalue weighted by atomic mass is 32.1. The zero-order valence-corrected chi connectivity index (χ0v) is 14.4. The maximum atomic E-state index is 11.8. The Bertz CT molecular complexity index is 638. The highest BCUT2D eigenvalue weighted by Crippen LogP contribution is 2.18. The number of carbonyl (C=O) groups excluding carboxylic acids is 2. The molecule has 24 heavy (non-hydrogen) atoms. The van der Waals surface area contributed by atoms with Crippen LogP contribution in [0.1, 0.15) is 36.5 Å². The van der Waals surface area contributed by atoms with E-state index in [4.69, 9.17) is 9.47 Å². The SMILES string of the molecule is CCCOc1ccc(OC(=O)CCCNC(=O)c2ccsc2)cc1. The smallest absolute Gasteiger partial charge is 0.311 e. The zero-order valence-electron chi connectivity index (χ0n) is 13.6. The van der Waals surface area contributed by atoms with E-state index in [0.717, 1.165) is 12.2 Å². The molecule has 0 aliphatic heterocycles. The second-order valence-corrected chi connectivity index (χ2v) is 5.95. The molecule has 0 unspecified atom stereocenters. The molecule has 128 valence electrons. The van der Waals surface area contributed by atoms with Crippen LogP contribution in [0.2, 0.25) is 0 Å². The number of thiophene rings is 1. The summed E-state index contributed by atoms with van der Waals surface area (Å²) >= 11 is 1.47. The maximum Gasteiger partial charge on any atom is 0.311 e. The minimum atomic E-state index is -0.318. The Morgan fingerprint density at radius 2 is 1.88 bits per heavy atom. The summed E-state index contributed by atoms with van der Waals surface area (Å²) in [6.07, 6.45) is 1.73. The molecule has 1 aromatic heterocycles. The number of rotatable bonds is 9. The van der Waals surface area contributed by atoms with E-state index in [0.29, 0.717) is 30.9 Å². The molecule has 0 bridgehead atoms. The van der Waals surface area contributed by atoms with Gasteiger partial charge in [0.05, 0.1) is 6.61 Å². The highest BCUT2D eigenvalue weighted by molar-refractivity contribution is 7.08. The fourth-order valence-corrected chi connectivity index (χ4v) is 2.57. The Hall–Kier alpha value is -2.34. The van der Waals surface area contributed by atoms with Crippen LogP contribution in [0.5, 0.6) is 11.5 Å². The molecule has 0 fully saturated rings. The second-order valence-electron chi connectivity index (χ2n) is 5.17. The zero-order chi connectivity index (χ0) is 17.2. The third kappa shape index (κ3) is 6.04. The van der Waals surface area contributed by atoms with Crippen LogP contribution in [-0.4, -0.2) is 25.0 Å². The Kier molecular flexibility index (Phi) is 7.29. The first-order chi connectivity index (χ1) is 11.7. The van der Waals surface area contributed by atoms with Gasteiger partial charge in [0.25, 0.3) is 5.91 Å². The summed E-state index contributed by atoms with van der Waals surface area (Å²) < 4.78 is 10.7. The van der Waals surface area contributed by atoms with Gasteiger partial charge < -0.3 is 14.8 Å². The molecule has 0 radical (unpaired) electrons. The summed E-state index contributed by atoms with van der Waals surface area (Å²) in [5.41, 5.74) is 0.646. The molecule has 1 amide bonds. The Morgan fingerprint density at radius 1 is 1.12 bits per heavy atom. The van der Waals surface area contributed by atoms with Gasteiger partial charge in [0, 0.05) is 23.9 Å². The maximum absolute atomic E-state index is 11.8. The summed E-state index contributed by atoms with van der Waals surface area (Å²) in [5, 5.41) is 6.42. The third-order valence-electron chi connectivity index (χ3n) is 3.15. The van der Waals surface area contributed by atoms with Crippen LogP contribution in [0.4, 0.5) is 0 Å². The van der Waals surface area contributed by atoms with E-state index in [1.165, 1.54) is 11.3 Å².